The van der Waals surface area contributed by atoms with E-state index in [1.165, 1.54) is 22.7 Å². The molecular weight excluding hydrogens is 370 g/mol. The minimum absolute atomic E-state index is 0. The number of nitrogens with zero attached hydrogens (tertiary/aromatic N) is 3. The molecule has 0 aliphatic heterocycles. The summed E-state index contributed by atoms with van der Waals surface area (Å²) in [6.07, 6.45) is 1.78. The van der Waals surface area contributed by atoms with E-state index in [1.54, 1.807) is 6.20 Å². The molecule has 3 N–H and O–H groups in total. The Bertz CT molecular complexity index is 753. The number of hydrogen-bond acceptors (Lipinski definition) is 7. The van der Waals surface area contributed by atoms with Gasteiger partial charge in [-0.2, -0.15) is 0 Å². The van der Waals surface area contributed by atoms with Crippen LogP contribution in [-0.4, -0.2) is 15.0 Å². The first-order valence-electron chi connectivity index (χ1n) is 6.00. The summed E-state index contributed by atoms with van der Waals surface area (Å²) < 4.78 is 0. The highest BCUT2D eigenvalue weighted by Crippen LogP contribution is 2.33. The van der Waals surface area contributed by atoms with Crippen molar-refractivity contribution in [2.75, 3.05) is 11.1 Å². The number of nitrogens with two attached hydrogens (primary N) is 1. The number of pyridine rings is 1. The molecule has 110 valence electrons. The van der Waals surface area contributed by atoms with E-state index in [4.69, 9.17) is 5.73 Å². The molecule has 3 heterocycles. The van der Waals surface area contributed by atoms with Crippen LogP contribution in [0.2, 0.25) is 0 Å². The van der Waals surface area contributed by atoms with E-state index < -0.39 is 0 Å². The third kappa shape index (κ3) is 3.58. The summed E-state index contributed by atoms with van der Waals surface area (Å²) in [6, 6.07) is 3.94. The molecule has 0 bridgehead atoms. The zero-order valence-electron chi connectivity index (χ0n) is 11.5. The van der Waals surface area contributed by atoms with Gasteiger partial charge in [0.15, 0.2) is 10.3 Å². The van der Waals surface area contributed by atoms with Crippen molar-refractivity contribution in [3.05, 3.63) is 35.0 Å². The summed E-state index contributed by atoms with van der Waals surface area (Å²) in [5, 5.41) is 6.59. The number of aromatic nitrogens is 3. The molecular formula is C13H14BrN5S2. The quantitative estimate of drug-likeness (QED) is 0.708. The van der Waals surface area contributed by atoms with E-state index in [-0.39, 0.29) is 17.0 Å². The summed E-state index contributed by atoms with van der Waals surface area (Å²) >= 11 is 3.00. The van der Waals surface area contributed by atoms with E-state index in [1.807, 2.05) is 31.4 Å². The van der Waals surface area contributed by atoms with Gasteiger partial charge in [0.1, 0.15) is 5.82 Å². The maximum absolute atomic E-state index is 5.72. The fourth-order valence-corrected chi connectivity index (χ4v) is 3.38. The van der Waals surface area contributed by atoms with Crippen LogP contribution >= 0.6 is 39.7 Å². The predicted molar refractivity (Wildman–Crippen MR) is 95.0 cm³/mol. The van der Waals surface area contributed by atoms with Crippen LogP contribution < -0.4 is 11.1 Å². The smallest absolute Gasteiger partial charge is 0.188 e. The molecule has 21 heavy (non-hydrogen) atoms. The molecule has 0 saturated carbocycles. The van der Waals surface area contributed by atoms with Gasteiger partial charge in [0.25, 0.3) is 0 Å². The summed E-state index contributed by atoms with van der Waals surface area (Å²) in [4.78, 5) is 14.1. The van der Waals surface area contributed by atoms with Crippen molar-refractivity contribution in [2.24, 2.45) is 0 Å². The molecule has 0 amide bonds. The Balaban J connectivity index is 0.00000161. The molecule has 0 radical (unpaired) electrons. The van der Waals surface area contributed by atoms with Gasteiger partial charge in [-0.05, 0) is 31.5 Å². The van der Waals surface area contributed by atoms with Gasteiger partial charge in [-0.1, -0.05) is 11.3 Å². The van der Waals surface area contributed by atoms with Crippen molar-refractivity contribution in [3.8, 4) is 10.6 Å². The fourth-order valence-electron chi connectivity index (χ4n) is 1.80. The number of thiazole rings is 2. The Kier molecular flexibility index (Phi) is 4.92. The minimum Gasteiger partial charge on any atom is -0.375 e. The van der Waals surface area contributed by atoms with E-state index in [9.17, 15) is 0 Å². The second-order valence-corrected chi connectivity index (χ2v) is 6.24. The second-order valence-electron chi connectivity index (χ2n) is 4.35. The van der Waals surface area contributed by atoms with Crippen molar-refractivity contribution < 1.29 is 0 Å². The molecule has 3 aromatic heterocycles. The number of anilines is 3. The monoisotopic (exact) mass is 383 g/mol. The summed E-state index contributed by atoms with van der Waals surface area (Å²) in [5.41, 5.74) is 8.69. The fraction of sp³-hybridized carbons (Fsp3) is 0.154. The Morgan fingerprint density at radius 2 is 2.05 bits per heavy atom. The van der Waals surface area contributed by atoms with Gasteiger partial charge < -0.3 is 11.1 Å². The van der Waals surface area contributed by atoms with Gasteiger partial charge in [-0.3, -0.25) is 0 Å². The number of nitrogens with one attached hydrogen (secondary N) is 1. The second kappa shape index (κ2) is 6.50. The SMILES string of the molecule is Br.Cc1ccnc(Nc2nc(-c3sc(N)nc3C)cs2)c1. The first-order chi connectivity index (χ1) is 9.61. The van der Waals surface area contributed by atoms with Crippen molar-refractivity contribution in [3.63, 3.8) is 0 Å². The van der Waals surface area contributed by atoms with Crippen LogP contribution in [0.5, 0.6) is 0 Å². The van der Waals surface area contributed by atoms with E-state index >= 15 is 0 Å². The van der Waals surface area contributed by atoms with Crippen LogP contribution in [0.1, 0.15) is 11.3 Å². The van der Waals surface area contributed by atoms with Crippen molar-refractivity contribution in [1.29, 1.82) is 0 Å². The van der Waals surface area contributed by atoms with Crippen molar-refractivity contribution in [1.82, 2.24) is 15.0 Å². The molecule has 3 aromatic rings. The third-order valence-corrected chi connectivity index (χ3v) is 4.47. The lowest BCUT2D eigenvalue weighted by Crippen LogP contribution is -1.92. The highest BCUT2D eigenvalue weighted by atomic mass is 79.9. The standard InChI is InChI=1S/C13H13N5S2.BrH/c1-7-3-4-15-10(5-7)18-13-17-9(6-19-13)11-8(2)16-12(14)20-11;/h3-6H,1-2H3,(H2,14,16)(H,15,17,18);1H. The lowest BCUT2D eigenvalue weighted by molar-refractivity contribution is 1.25. The van der Waals surface area contributed by atoms with E-state index in [2.05, 4.69) is 20.3 Å². The first-order valence-corrected chi connectivity index (χ1v) is 7.70. The van der Waals surface area contributed by atoms with Crippen LogP contribution in [0.25, 0.3) is 10.6 Å². The Labute approximate surface area is 141 Å². The summed E-state index contributed by atoms with van der Waals surface area (Å²) in [7, 11) is 0. The normalized spacial score (nSPS) is 10.2. The maximum Gasteiger partial charge on any atom is 0.188 e. The van der Waals surface area contributed by atoms with Gasteiger partial charge >= 0.3 is 0 Å². The lowest BCUT2D eigenvalue weighted by Gasteiger charge is -2.01. The molecule has 0 aliphatic carbocycles. The zero-order chi connectivity index (χ0) is 14.1. The Hall–Kier alpha value is -1.51. The van der Waals surface area contributed by atoms with Crippen LogP contribution in [0.4, 0.5) is 16.1 Å². The summed E-state index contributed by atoms with van der Waals surface area (Å²) in [6.45, 7) is 3.97. The van der Waals surface area contributed by atoms with Crippen LogP contribution in [-0.2, 0) is 0 Å². The molecule has 0 unspecified atom stereocenters. The highest BCUT2D eigenvalue weighted by molar-refractivity contribution is 8.93. The van der Waals surface area contributed by atoms with Gasteiger partial charge in [0.2, 0.25) is 0 Å². The van der Waals surface area contributed by atoms with Crippen molar-refractivity contribution in [2.45, 2.75) is 13.8 Å². The average molecular weight is 384 g/mol. The first kappa shape index (κ1) is 15.9. The largest absolute Gasteiger partial charge is 0.375 e. The number of halogens is 1. The van der Waals surface area contributed by atoms with Gasteiger partial charge in [0.05, 0.1) is 16.3 Å². The zero-order valence-corrected chi connectivity index (χ0v) is 14.8. The number of rotatable bonds is 3. The molecule has 3 rings (SSSR count). The van der Waals surface area contributed by atoms with Crippen LogP contribution in [0, 0.1) is 13.8 Å². The molecule has 0 spiro atoms. The number of aryl methyl sites for hydroxylation is 2. The molecule has 8 heteroatoms. The third-order valence-electron chi connectivity index (χ3n) is 2.70. The van der Waals surface area contributed by atoms with Crippen LogP contribution in [0.15, 0.2) is 23.7 Å². The average Bonchev–Trinajstić information content (AvgIpc) is 2.96. The maximum atomic E-state index is 5.72. The highest BCUT2D eigenvalue weighted by Gasteiger charge is 2.12. The number of hydrogen-bond donors (Lipinski definition) is 2. The minimum atomic E-state index is 0. The van der Waals surface area contributed by atoms with E-state index in [0.717, 1.165) is 32.8 Å². The summed E-state index contributed by atoms with van der Waals surface area (Å²) in [5.74, 6) is 0.798. The van der Waals surface area contributed by atoms with E-state index in [0.29, 0.717) is 5.13 Å². The molecule has 0 fully saturated rings. The molecule has 5 nitrogen and oxygen atoms in total. The Morgan fingerprint density at radius 1 is 1.24 bits per heavy atom. The Morgan fingerprint density at radius 3 is 2.71 bits per heavy atom. The van der Waals surface area contributed by atoms with Crippen LogP contribution in [0.3, 0.4) is 0 Å². The van der Waals surface area contributed by atoms with Gasteiger partial charge in [0, 0.05) is 11.6 Å². The van der Waals surface area contributed by atoms with Gasteiger partial charge in [-0.25, -0.2) is 15.0 Å². The molecule has 0 atom stereocenters. The molecule has 0 saturated heterocycles. The predicted octanol–water partition coefficient (Wildman–Crippen LogP) is 4.18. The number of nitrogen functional groups attached to an aromatic ring is 1. The van der Waals surface area contributed by atoms with Gasteiger partial charge in [-0.15, -0.1) is 28.3 Å². The molecule has 0 aromatic carbocycles. The van der Waals surface area contributed by atoms with Crippen molar-refractivity contribution >= 4 is 55.7 Å². The lowest BCUT2D eigenvalue weighted by atomic mass is 10.3. The molecule has 0 aliphatic rings. The topological polar surface area (TPSA) is 76.7 Å².